The molecule has 0 fully saturated rings. The van der Waals surface area contributed by atoms with Gasteiger partial charge in [-0.1, -0.05) is 30.3 Å². The third-order valence-electron chi connectivity index (χ3n) is 5.52. The van der Waals surface area contributed by atoms with Crippen LogP contribution in [-0.4, -0.2) is 20.5 Å². The van der Waals surface area contributed by atoms with Gasteiger partial charge in [-0.15, -0.1) is 0 Å². The van der Waals surface area contributed by atoms with E-state index < -0.39 is 23.3 Å². The molecule has 0 aliphatic carbocycles. The number of hydrogen-bond donors (Lipinski definition) is 0. The maximum Gasteiger partial charge on any atom is 0.416 e. The number of esters is 1. The van der Waals surface area contributed by atoms with Gasteiger partial charge in [0.2, 0.25) is 5.89 Å². The van der Waals surface area contributed by atoms with Crippen LogP contribution in [0.2, 0.25) is 0 Å². The summed E-state index contributed by atoms with van der Waals surface area (Å²) in [6.45, 7) is 3.49. The predicted octanol–water partition coefficient (Wildman–Crippen LogP) is 4.74. The van der Waals surface area contributed by atoms with E-state index in [1.165, 1.54) is 10.6 Å². The summed E-state index contributed by atoms with van der Waals surface area (Å²) in [7, 11) is 0. The van der Waals surface area contributed by atoms with Crippen molar-refractivity contribution in [2.75, 3.05) is 0 Å². The van der Waals surface area contributed by atoms with E-state index in [0.717, 1.165) is 17.7 Å². The molecule has 2 aromatic heterocycles. The van der Waals surface area contributed by atoms with Gasteiger partial charge in [0, 0.05) is 6.42 Å². The summed E-state index contributed by atoms with van der Waals surface area (Å²) >= 11 is 0. The maximum absolute atomic E-state index is 13.3. The zero-order valence-corrected chi connectivity index (χ0v) is 19.1. The number of halogens is 3. The highest BCUT2D eigenvalue weighted by molar-refractivity contribution is 5.76. The van der Waals surface area contributed by atoms with Gasteiger partial charge in [0.15, 0.2) is 6.61 Å². The van der Waals surface area contributed by atoms with E-state index in [2.05, 4.69) is 9.97 Å². The number of fused-ring (bicyclic) bond motifs is 1. The Morgan fingerprint density at radius 2 is 1.83 bits per heavy atom. The number of carbonyl (C=O) groups excluding carboxylic acids is 1. The van der Waals surface area contributed by atoms with Crippen LogP contribution in [0.25, 0.3) is 11.0 Å². The number of alkyl halides is 3. The molecule has 0 bridgehead atoms. The van der Waals surface area contributed by atoms with Crippen LogP contribution in [0.3, 0.4) is 0 Å². The van der Waals surface area contributed by atoms with Crippen molar-refractivity contribution in [3.63, 3.8) is 0 Å². The third-order valence-corrected chi connectivity index (χ3v) is 5.52. The molecule has 182 valence electrons. The second-order valence-electron chi connectivity index (χ2n) is 8.05. The fraction of sp³-hybridized carbons (Fsp3) is 0.280. The van der Waals surface area contributed by atoms with Gasteiger partial charge >= 0.3 is 12.1 Å². The highest BCUT2D eigenvalue weighted by Gasteiger charge is 2.31. The molecule has 4 rings (SSSR count). The van der Waals surface area contributed by atoms with Crippen molar-refractivity contribution in [2.24, 2.45) is 0 Å². The molecule has 0 aliphatic rings. The number of aryl methyl sites for hydroxylation is 3. The van der Waals surface area contributed by atoms with E-state index in [1.807, 2.05) is 18.2 Å². The maximum atomic E-state index is 13.3. The molecular weight excluding hydrogens is 463 g/mol. The van der Waals surface area contributed by atoms with E-state index >= 15 is 0 Å². The minimum Gasteiger partial charge on any atom is -0.456 e. The fourth-order valence-electron chi connectivity index (χ4n) is 3.60. The smallest absolute Gasteiger partial charge is 0.416 e. The molecule has 0 radical (unpaired) electrons. The minimum absolute atomic E-state index is 0.0180. The van der Waals surface area contributed by atoms with Crippen LogP contribution >= 0.6 is 0 Å². The van der Waals surface area contributed by atoms with Gasteiger partial charge in [0.25, 0.3) is 5.56 Å². The van der Waals surface area contributed by atoms with E-state index in [-0.39, 0.29) is 48.6 Å². The number of oxazole rings is 1. The van der Waals surface area contributed by atoms with Crippen molar-refractivity contribution in [3.8, 4) is 0 Å². The molecule has 0 amide bonds. The largest absolute Gasteiger partial charge is 0.456 e. The normalized spacial score (nSPS) is 11.7. The van der Waals surface area contributed by atoms with Crippen LogP contribution in [0.5, 0.6) is 0 Å². The van der Waals surface area contributed by atoms with Gasteiger partial charge in [-0.25, -0.2) is 9.97 Å². The molecule has 2 heterocycles. The average molecular weight is 485 g/mol. The Morgan fingerprint density at radius 1 is 1.09 bits per heavy atom. The lowest BCUT2D eigenvalue weighted by Gasteiger charge is -2.14. The number of benzene rings is 2. The standard InChI is InChI=1S/C25H22F3N3O4/c1-15-16(2)35-22(29-15)14-34-23(32)11-9-19-24(33)31(13-17-6-4-3-5-7-17)21-10-8-18(25(26,27)28)12-20(21)30-19/h3-8,10,12H,9,11,13-14H2,1-2H3. The Balaban J connectivity index is 1.61. The number of hydrogen-bond acceptors (Lipinski definition) is 6. The first kappa shape index (κ1) is 24.2. The van der Waals surface area contributed by atoms with Crippen LogP contribution in [-0.2, 0) is 35.3 Å². The summed E-state index contributed by atoms with van der Waals surface area (Å²) < 4.78 is 51.7. The summed E-state index contributed by atoms with van der Waals surface area (Å²) in [6.07, 6.45) is -4.84. The number of ether oxygens (including phenoxy) is 1. The van der Waals surface area contributed by atoms with Crippen LogP contribution in [0, 0.1) is 13.8 Å². The summed E-state index contributed by atoms with van der Waals surface area (Å²) in [5.74, 6) is 0.258. The summed E-state index contributed by atoms with van der Waals surface area (Å²) in [5, 5.41) is 0. The molecule has 35 heavy (non-hydrogen) atoms. The lowest BCUT2D eigenvalue weighted by atomic mass is 10.1. The third kappa shape index (κ3) is 5.59. The molecule has 2 aromatic carbocycles. The fourth-order valence-corrected chi connectivity index (χ4v) is 3.60. The Hall–Kier alpha value is -3.95. The SMILES string of the molecule is Cc1nc(COC(=O)CCc2nc3cc(C(F)(F)F)ccc3n(Cc3ccccc3)c2=O)oc1C. The van der Waals surface area contributed by atoms with E-state index in [4.69, 9.17) is 9.15 Å². The quantitative estimate of drug-likeness (QED) is 0.351. The first-order chi connectivity index (χ1) is 16.6. The van der Waals surface area contributed by atoms with Gasteiger partial charge in [0.1, 0.15) is 11.5 Å². The lowest BCUT2D eigenvalue weighted by Crippen LogP contribution is -2.27. The molecule has 0 saturated heterocycles. The van der Waals surface area contributed by atoms with E-state index in [0.29, 0.717) is 11.5 Å². The second-order valence-corrected chi connectivity index (χ2v) is 8.05. The van der Waals surface area contributed by atoms with Gasteiger partial charge in [0.05, 0.1) is 35.3 Å². The highest BCUT2D eigenvalue weighted by atomic mass is 19.4. The second kappa shape index (κ2) is 9.73. The predicted molar refractivity (Wildman–Crippen MR) is 121 cm³/mol. The molecule has 10 heteroatoms. The Bertz CT molecular complexity index is 1410. The zero-order chi connectivity index (χ0) is 25.2. The van der Waals surface area contributed by atoms with Crippen molar-refractivity contribution in [3.05, 3.63) is 93.1 Å². The summed E-state index contributed by atoms with van der Waals surface area (Å²) in [4.78, 5) is 33.8. The van der Waals surface area contributed by atoms with E-state index in [9.17, 15) is 22.8 Å². The van der Waals surface area contributed by atoms with Crippen LogP contribution in [0.15, 0.2) is 57.7 Å². The topological polar surface area (TPSA) is 87.2 Å². The lowest BCUT2D eigenvalue weighted by molar-refractivity contribution is -0.145. The van der Waals surface area contributed by atoms with Crippen molar-refractivity contribution in [1.29, 1.82) is 0 Å². The molecule has 4 aromatic rings. The van der Waals surface area contributed by atoms with Crippen LogP contribution < -0.4 is 5.56 Å². The summed E-state index contributed by atoms with van der Waals surface area (Å²) in [6, 6.07) is 12.1. The first-order valence-corrected chi connectivity index (χ1v) is 10.8. The number of carbonyl (C=O) groups is 1. The molecule has 7 nitrogen and oxygen atoms in total. The molecule has 0 unspecified atom stereocenters. The number of aromatic nitrogens is 3. The van der Waals surface area contributed by atoms with Gasteiger partial charge < -0.3 is 13.7 Å². The Morgan fingerprint density at radius 3 is 2.49 bits per heavy atom. The van der Waals surface area contributed by atoms with Gasteiger partial charge in [-0.3, -0.25) is 9.59 Å². The minimum atomic E-state index is -4.56. The molecular formula is C25H22F3N3O4. The van der Waals surface area contributed by atoms with Crippen molar-refractivity contribution in [1.82, 2.24) is 14.5 Å². The Kier molecular flexibility index (Phi) is 6.72. The van der Waals surface area contributed by atoms with Gasteiger partial charge in [-0.2, -0.15) is 13.2 Å². The van der Waals surface area contributed by atoms with Crippen molar-refractivity contribution >= 4 is 17.0 Å². The first-order valence-electron chi connectivity index (χ1n) is 10.8. The summed E-state index contributed by atoms with van der Waals surface area (Å²) in [5.41, 5.74) is 0.402. The molecule has 0 N–H and O–H groups in total. The molecule has 0 atom stereocenters. The van der Waals surface area contributed by atoms with Gasteiger partial charge in [-0.05, 0) is 37.6 Å². The molecule has 0 aliphatic heterocycles. The monoisotopic (exact) mass is 485 g/mol. The highest BCUT2D eigenvalue weighted by Crippen LogP contribution is 2.31. The number of rotatable bonds is 7. The van der Waals surface area contributed by atoms with Crippen molar-refractivity contribution in [2.45, 2.75) is 46.0 Å². The molecule has 0 spiro atoms. The average Bonchev–Trinajstić information content (AvgIpc) is 3.15. The zero-order valence-electron chi connectivity index (χ0n) is 19.1. The van der Waals surface area contributed by atoms with Crippen molar-refractivity contribution < 1.29 is 27.1 Å². The molecule has 0 saturated carbocycles. The van der Waals surface area contributed by atoms with Crippen LogP contribution in [0.4, 0.5) is 13.2 Å². The Labute approximate surface area is 198 Å². The van der Waals surface area contributed by atoms with Crippen LogP contribution in [0.1, 0.15) is 40.6 Å². The van der Waals surface area contributed by atoms with E-state index in [1.54, 1.807) is 26.0 Å². The number of nitrogens with zero attached hydrogens (tertiary/aromatic N) is 3.